The maximum atomic E-state index is 11.7. The average Bonchev–Trinajstić information content (AvgIpc) is 2.71. The molecule has 0 bridgehead atoms. The summed E-state index contributed by atoms with van der Waals surface area (Å²) < 4.78 is 0.516. The monoisotopic (exact) mass is 266 g/mol. The van der Waals surface area contributed by atoms with Gasteiger partial charge in [0.1, 0.15) is 10.4 Å². The Labute approximate surface area is 94.0 Å². The van der Waals surface area contributed by atoms with Crippen LogP contribution in [0.25, 0.3) is 0 Å². The number of carbonyl (C=O) groups is 1. The van der Waals surface area contributed by atoms with Gasteiger partial charge in [0, 0.05) is 12.3 Å². The highest BCUT2D eigenvalue weighted by molar-refractivity contribution is 9.10. The van der Waals surface area contributed by atoms with Crippen LogP contribution in [0.4, 0.5) is 5.82 Å². The first-order valence-electron chi connectivity index (χ1n) is 4.18. The van der Waals surface area contributed by atoms with Crippen LogP contribution in [-0.4, -0.2) is 21.1 Å². The number of carbonyl (C=O) groups excluding carboxylic acids is 1. The Balaban J connectivity index is 2.19. The Morgan fingerprint density at radius 3 is 2.93 bits per heavy atom. The van der Waals surface area contributed by atoms with E-state index in [1.807, 2.05) is 0 Å². The lowest BCUT2D eigenvalue weighted by atomic mass is 10.3. The molecule has 0 saturated heterocycles. The highest BCUT2D eigenvalue weighted by Gasteiger charge is 2.10. The standard InChI is InChI=1S/C9H7BrN4O/c10-8-6(2-1-4-11-8)9(15)13-7-3-5-12-14-7/h1-5H,(H2,12,13,14,15). The van der Waals surface area contributed by atoms with Crippen molar-refractivity contribution in [3.63, 3.8) is 0 Å². The Morgan fingerprint density at radius 2 is 2.27 bits per heavy atom. The molecule has 0 spiro atoms. The number of halogens is 1. The molecule has 2 rings (SSSR count). The molecule has 0 aromatic carbocycles. The molecule has 0 aliphatic heterocycles. The summed E-state index contributed by atoms with van der Waals surface area (Å²) in [7, 11) is 0. The molecule has 0 aliphatic rings. The van der Waals surface area contributed by atoms with Gasteiger partial charge < -0.3 is 5.32 Å². The number of rotatable bonds is 2. The Bertz CT molecular complexity index is 469. The van der Waals surface area contributed by atoms with Gasteiger partial charge >= 0.3 is 0 Å². The second-order valence-electron chi connectivity index (χ2n) is 2.77. The number of H-pyrrole nitrogens is 1. The fourth-order valence-corrected chi connectivity index (χ4v) is 1.50. The largest absolute Gasteiger partial charge is 0.307 e. The summed E-state index contributed by atoms with van der Waals surface area (Å²) in [4.78, 5) is 15.7. The van der Waals surface area contributed by atoms with Crippen LogP contribution in [0.3, 0.4) is 0 Å². The third-order valence-corrected chi connectivity index (χ3v) is 2.38. The van der Waals surface area contributed by atoms with Gasteiger partial charge in [-0.25, -0.2) is 4.98 Å². The third kappa shape index (κ3) is 2.21. The average molecular weight is 267 g/mol. The van der Waals surface area contributed by atoms with E-state index in [1.54, 1.807) is 30.6 Å². The van der Waals surface area contributed by atoms with Crippen molar-refractivity contribution >= 4 is 27.7 Å². The number of amides is 1. The Kier molecular flexibility index (Phi) is 2.77. The summed E-state index contributed by atoms with van der Waals surface area (Å²) in [6, 6.07) is 5.05. The highest BCUT2D eigenvalue weighted by atomic mass is 79.9. The van der Waals surface area contributed by atoms with Crippen LogP contribution in [0.5, 0.6) is 0 Å². The molecule has 5 nitrogen and oxygen atoms in total. The van der Waals surface area contributed by atoms with E-state index >= 15 is 0 Å². The van der Waals surface area contributed by atoms with Crippen LogP contribution in [0.15, 0.2) is 35.2 Å². The molecule has 6 heteroatoms. The van der Waals surface area contributed by atoms with Crippen LogP contribution in [-0.2, 0) is 0 Å². The molecule has 0 radical (unpaired) electrons. The van der Waals surface area contributed by atoms with E-state index in [0.717, 1.165) is 0 Å². The normalized spacial score (nSPS) is 9.93. The quantitative estimate of drug-likeness (QED) is 0.815. The fourth-order valence-electron chi connectivity index (χ4n) is 1.07. The summed E-state index contributed by atoms with van der Waals surface area (Å²) >= 11 is 3.20. The second-order valence-corrected chi connectivity index (χ2v) is 3.52. The molecule has 0 aliphatic carbocycles. The number of hydrogen-bond donors (Lipinski definition) is 2. The minimum atomic E-state index is -0.237. The smallest absolute Gasteiger partial charge is 0.259 e. The van der Waals surface area contributed by atoms with E-state index in [-0.39, 0.29) is 5.91 Å². The zero-order valence-electron chi connectivity index (χ0n) is 7.57. The van der Waals surface area contributed by atoms with Gasteiger partial charge in [-0.15, -0.1) is 0 Å². The molecule has 0 saturated carbocycles. The lowest BCUT2D eigenvalue weighted by molar-refractivity contribution is 0.102. The van der Waals surface area contributed by atoms with Gasteiger partial charge in [-0.2, -0.15) is 5.10 Å². The van der Waals surface area contributed by atoms with Crippen LogP contribution in [0.1, 0.15) is 10.4 Å². The summed E-state index contributed by atoms with van der Waals surface area (Å²) in [5.41, 5.74) is 0.479. The van der Waals surface area contributed by atoms with E-state index in [2.05, 4.69) is 36.4 Å². The summed E-state index contributed by atoms with van der Waals surface area (Å²) in [6.45, 7) is 0. The molecule has 1 amide bonds. The van der Waals surface area contributed by atoms with Crippen molar-refractivity contribution in [3.8, 4) is 0 Å². The summed E-state index contributed by atoms with van der Waals surface area (Å²) in [5.74, 6) is 0.315. The van der Waals surface area contributed by atoms with Crippen LogP contribution in [0, 0.1) is 0 Å². The van der Waals surface area contributed by atoms with E-state index in [0.29, 0.717) is 16.0 Å². The number of aromatic amines is 1. The van der Waals surface area contributed by atoms with Gasteiger partial charge in [-0.05, 0) is 28.1 Å². The van der Waals surface area contributed by atoms with Crippen molar-refractivity contribution in [1.82, 2.24) is 15.2 Å². The number of aromatic nitrogens is 3. The summed E-state index contributed by atoms with van der Waals surface area (Å²) in [5, 5.41) is 9.02. The molecule has 15 heavy (non-hydrogen) atoms. The molecule has 0 unspecified atom stereocenters. The van der Waals surface area contributed by atoms with Gasteiger partial charge in [-0.1, -0.05) is 0 Å². The Morgan fingerprint density at radius 1 is 1.40 bits per heavy atom. The number of anilines is 1. The van der Waals surface area contributed by atoms with Gasteiger partial charge in [0.05, 0.1) is 11.8 Å². The minimum absolute atomic E-state index is 0.237. The van der Waals surface area contributed by atoms with Crippen LogP contribution >= 0.6 is 15.9 Å². The maximum Gasteiger partial charge on any atom is 0.259 e. The van der Waals surface area contributed by atoms with Crippen molar-refractivity contribution in [1.29, 1.82) is 0 Å². The molecular formula is C9H7BrN4O. The molecular weight excluding hydrogens is 260 g/mol. The second kappa shape index (κ2) is 4.22. The first-order valence-corrected chi connectivity index (χ1v) is 4.98. The zero-order valence-corrected chi connectivity index (χ0v) is 9.15. The molecule has 0 atom stereocenters. The van der Waals surface area contributed by atoms with Crippen molar-refractivity contribution in [2.24, 2.45) is 0 Å². The lowest BCUT2D eigenvalue weighted by Crippen LogP contribution is -2.13. The molecule has 2 N–H and O–H groups in total. The van der Waals surface area contributed by atoms with Crippen molar-refractivity contribution in [3.05, 3.63) is 40.8 Å². The fraction of sp³-hybridized carbons (Fsp3) is 0. The van der Waals surface area contributed by atoms with Crippen molar-refractivity contribution in [2.75, 3.05) is 5.32 Å². The van der Waals surface area contributed by atoms with Gasteiger partial charge in [0.2, 0.25) is 0 Å². The van der Waals surface area contributed by atoms with Gasteiger partial charge in [-0.3, -0.25) is 9.89 Å². The number of nitrogens with zero attached hydrogens (tertiary/aromatic N) is 2. The van der Waals surface area contributed by atoms with Gasteiger partial charge in [0.25, 0.3) is 5.91 Å². The predicted molar refractivity (Wildman–Crippen MR) is 58.5 cm³/mol. The van der Waals surface area contributed by atoms with E-state index in [1.165, 1.54) is 0 Å². The zero-order chi connectivity index (χ0) is 10.7. The molecule has 2 aromatic heterocycles. The topological polar surface area (TPSA) is 70.7 Å². The molecule has 2 heterocycles. The SMILES string of the molecule is O=C(Nc1ccn[nH]1)c1cccnc1Br. The number of pyridine rings is 1. The predicted octanol–water partition coefficient (Wildman–Crippen LogP) is 1.82. The molecule has 2 aromatic rings. The van der Waals surface area contributed by atoms with E-state index < -0.39 is 0 Å². The van der Waals surface area contributed by atoms with E-state index in [4.69, 9.17) is 0 Å². The first-order chi connectivity index (χ1) is 7.27. The summed E-state index contributed by atoms with van der Waals surface area (Å²) in [6.07, 6.45) is 3.17. The lowest BCUT2D eigenvalue weighted by Gasteiger charge is -2.03. The molecule has 0 fully saturated rings. The highest BCUT2D eigenvalue weighted by Crippen LogP contribution is 2.13. The van der Waals surface area contributed by atoms with E-state index in [9.17, 15) is 4.79 Å². The number of hydrogen-bond acceptors (Lipinski definition) is 3. The van der Waals surface area contributed by atoms with Crippen molar-refractivity contribution < 1.29 is 4.79 Å². The maximum absolute atomic E-state index is 11.7. The third-order valence-electron chi connectivity index (χ3n) is 1.75. The van der Waals surface area contributed by atoms with Crippen LogP contribution < -0.4 is 5.32 Å². The first kappa shape index (κ1) is 9.85. The number of nitrogens with one attached hydrogen (secondary N) is 2. The minimum Gasteiger partial charge on any atom is -0.307 e. The van der Waals surface area contributed by atoms with Gasteiger partial charge in [0.15, 0.2) is 0 Å². The molecule has 76 valence electrons. The van der Waals surface area contributed by atoms with Crippen LogP contribution in [0.2, 0.25) is 0 Å². The Hall–Kier alpha value is -1.69. The van der Waals surface area contributed by atoms with Crippen molar-refractivity contribution in [2.45, 2.75) is 0 Å².